The van der Waals surface area contributed by atoms with E-state index in [-0.39, 0.29) is 36.7 Å². The van der Waals surface area contributed by atoms with Gasteiger partial charge in [0.2, 0.25) is 12.1 Å². The number of carbonyl (C=O) groups excluding carboxylic acids is 1. The van der Waals surface area contributed by atoms with Crippen LogP contribution in [0.4, 0.5) is 0 Å². The molecule has 11 unspecified atom stereocenters. The van der Waals surface area contributed by atoms with Crippen LogP contribution in [0.15, 0.2) is 24.3 Å². The second-order valence-electron chi connectivity index (χ2n) is 13.2. The first-order chi connectivity index (χ1) is 26.8. The minimum Gasteiger partial charge on any atom is -0.412 e. The maximum absolute atomic E-state index is 10.7. The van der Waals surface area contributed by atoms with Crippen molar-refractivity contribution in [2.45, 2.75) is 118 Å². The molecule has 0 aromatic carbocycles. The molecule has 0 aliphatic carbocycles. The molecule has 4 bridgehead atoms. The predicted molar refractivity (Wildman–Crippen MR) is 188 cm³/mol. The maximum atomic E-state index is 10.7. The van der Waals surface area contributed by atoms with E-state index in [1.54, 1.807) is 19.1 Å². The van der Waals surface area contributed by atoms with E-state index in [1.165, 1.54) is 13.2 Å². The first-order valence-corrected chi connectivity index (χ1v) is 19.0. The molecule has 6 aliphatic rings. The number of aliphatic hydroxyl groups excluding tert-OH is 11. The van der Waals surface area contributed by atoms with Gasteiger partial charge in [0.1, 0.15) is 48.8 Å². The van der Waals surface area contributed by atoms with E-state index in [1.807, 2.05) is 6.08 Å². The normalized spacial score (nSPS) is 38.2. The van der Waals surface area contributed by atoms with Crippen LogP contribution < -0.4 is 0 Å². The largest absolute Gasteiger partial charge is 0.412 e. The van der Waals surface area contributed by atoms with E-state index < -0.39 is 116 Å². The Hall–Kier alpha value is -1.78. The average Bonchev–Trinajstić information content (AvgIpc) is 3.79. The molecule has 0 radical (unpaired) electrons. The Kier molecular flexibility index (Phi) is 24.8. The highest BCUT2D eigenvalue weighted by molar-refractivity contribution is 7.79. The van der Waals surface area contributed by atoms with Crippen LogP contribution >= 0.6 is 0 Å². The third kappa shape index (κ3) is 17.7. The lowest BCUT2D eigenvalue weighted by atomic mass is 9.91. The summed E-state index contributed by atoms with van der Waals surface area (Å²) >= 11 is 0. The van der Waals surface area contributed by atoms with Gasteiger partial charge in [-0.2, -0.15) is 8.42 Å². The molecule has 15 N–H and O–H groups in total. The Morgan fingerprint density at radius 2 is 1.26 bits per heavy atom. The molecule has 0 amide bonds. The topological polar surface area (TPSA) is 420 Å². The summed E-state index contributed by atoms with van der Waals surface area (Å²) in [6.07, 6.45) is -6.77. The van der Waals surface area contributed by atoms with Gasteiger partial charge in [0.15, 0.2) is 18.9 Å². The molecule has 6 heterocycles. The number of hydrogen-bond donors (Lipinski definition) is 13. The average molecular weight is 875 g/mol. The van der Waals surface area contributed by atoms with Gasteiger partial charge in [-0.1, -0.05) is 19.1 Å². The van der Waals surface area contributed by atoms with E-state index in [2.05, 4.69) is 0 Å². The van der Waals surface area contributed by atoms with E-state index in [4.69, 9.17) is 81.0 Å². The van der Waals surface area contributed by atoms with Gasteiger partial charge in [0, 0.05) is 13.0 Å². The van der Waals surface area contributed by atoms with Gasteiger partial charge >= 0.3 is 10.4 Å². The summed E-state index contributed by atoms with van der Waals surface area (Å²) in [5.74, 6) is -0.613. The smallest absolute Gasteiger partial charge is 0.394 e. The molecule has 4 saturated heterocycles. The van der Waals surface area contributed by atoms with Crippen LogP contribution in [0.1, 0.15) is 19.8 Å². The first-order valence-electron chi connectivity index (χ1n) is 17.6. The van der Waals surface area contributed by atoms with Crippen molar-refractivity contribution in [3.05, 3.63) is 24.3 Å². The summed E-state index contributed by atoms with van der Waals surface area (Å²) in [5, 5.41) is 102. The maximum Gasteiger partial charge on any atom is 0.394 e. The van der Waals surface area contributed by atoms with Crippen molar-refractivity contribution < 1.29 is 122 Å². The quantitative estimate of drug-likeness (QED) is 0.0716. The van der Waals surface area contributed by atoms with Crippen LogP contribution in [-0.2, 0) is 53.1 Å². The summed E-state index contributed by atoms with van der Waals surface area (Å²) in [5.41, 5.74) is 0. The van der Waals surface area contributed by atoms with E-state index in [9.17, 15) is 35.4 Å². The Morgan fingerprint density at radius 3 is 1.76 bits per heavy atom. The van der Waals surface area contributed by atoms with Crippen molar-refractivity contribution in [1.82, 2.24) is 0 Å². The third-order valence-electron chi connectivity index (χ3n) is 8.79. The molecular formula is C32H58O25S. The minimum absolute atomic E-state index is 0. The van der Waals surface area contributed by atoms with Crippen LogP contribution in [0.2, 0.25) is 0 Å². The Morgan fingerprint density at radius 1 is 0.741 bits per heavy atom. The van der Waals surface area contributed by atoms with Crippen molar-refractivity contribution in [1.29, 1.82) is 0 Å². The molecule has 26 heteroatoms. The second kappa shape index (κ2) is 26.5. The minimum atomic E-state index is -4.67. The molecule has 6 aliphatic heterocycles. The summed E-state index contributed by atoms with van der Waals surface area (Å²) in [7, 11) is -3.40. The highest BCUT2D eigenvalue weighted by atomic mass is 32.3. The standard InChI is InChI=1S/C14H26O10.C6H14O4.C6H8O3.C6H6O3.H2O4S.H2O/c1-5-6(3-15)22-14(10(19)8(5)17)24-12-7(4-16)23-13(21-2)11(20)9(12)18;7-3-5(9)1-2-6(10)4-8;2*7-5-2-1-4-3-8-6(5)9-4;1-5(2,3)4;/h5-20H,3-4H2,1-2H3;5-10H,1-4H2;1-2,4-7H,3H2;1-2,4,6H,3H2;(H2,1,2,3,4);1H2/t5-,6?,7+,8+,9?,10?,11?,12-,13-,14+;;;;;/m1...../s1. The Balaban J connectivity index is 0.000000408. The van der Waals surface area contributed by atoms with Crippen LogP contribution in [-0.4, -0.2) is 230 Å². The zero-order valence-corrected chi connectivity index (χ0v) is 32.3. The molecule has 25 nitrogen and oxygen atoms in total. The van der Waals surface area contributed by atoms with Crippen LogP contribution in [0.5, 0.6) is 0 Å². The fourth-order valence-electron chi connectivity index (χ4n) is 5.53. The zero-order chi connectivity index (χ0) is 43.0. The molecule has 6 rings (SSSR count). The lowest BCUT2D eigenvalue weighted by Crippen LogP contribution is -2.63. The number of carbonyl (C=O) groups is 1. The molecular weight excluding hydrogens is 816 g/mol. The summed E-state index contributed by atoms with van der Waals surface area (Å²) in [4.78, 5) is 10.7. The lowest BCUT2D eigenvalue weighted by Gasteiger charge is -2.46. The van der Waals surface area contributed by atoms with Gasteiger partial charge in [-0.15, -0.1) is 0 Å². The molecule has 17 atom stereocenters. The fourth-order valence-corrected chi connectivity index (χ4v) is 5.53. The molecule has 0 aromatic heterocycles. The Labute approximate surface area is 333 Å². The zero-order valence-electron chi connectivity index (χ0n) is 31.5. The van der Waals surface area contributed by atoms with Gasteiger partial charge in [-0.25, -0.2) is 0 Å². The molecule has 342 valence electrons. The van der Waals surface area contributed by atoms with Crippen molar-refractivity contribution >= 4 is 16.2 Å². The highest BCUT2D eigenvalue weighted by Gasteiger charge is 2.50. The van der Waals surface area contributed by atoms with Gasteiger partial charge in [0.25, 0.3) is 0 Å². The first kappa shape index (κ1) is 54.2. The third-order valence-corrected chi connectivity index (χ3v) is 8.79. The number of ether oxygens (including phenoxy) is 8. The Bertz CT molecular complexity index is 1300. The highest BCUT2D eigenvalue weighted by Crippen LogP contribution is 2.31. The second-order valence-corrected chi connectivity index (χ2v) is 14.1. The number of rotatable bonds is 10. The summed E-state index contributed by atoms with van der Waals surface area (Å²) in [6, 6.07) is 0. The SMILES string of the molecule is CO[C@@H]1O[C@@H](CO)[C@@H](O[C@@H]2OC(CO)[C@@H](C)[C@H](O)C2O)C(O)C1O.O.O=C1C=CC2COC1O2.O=S(=O)(O)O.OC1C=CC2COC1O2.OCC(O)CCC(O)CO. The van der Waals surface area contributed by atoms with Crippen molar-refractivity contribution in [2.75, 3.05) is 46.8 Å². The molecule has 0 spiro atoms. The van der Waals surface area contributed by atoms with Gasteiger partial charge in [-0.3, -0.25) is 13.9 Å². The predicted octanol–water partition coefficient (Wildman–Crippen LogP) is -6.95. The van der Waals surface area contributed by atoms with Crippen LogP contribution in [0.25, 0.3) is 0 Å². The molecule has 0 aromatic rings. The van der Waals surface area contributed by atoms with Crippen molar-refractivity contribution in [3.8, 4) is 0 Å². The number of aliphatic hydroxyl groups is 11. The monoisotopic (exact) mass is 874 g/mol. The van der Waals surface area contributed by atoms with Crippen LogP contribution in [0.3, 0.4) is 0 Å². The van der Waals surface area contributed by atoms with Gasteiger partial charge in [-0.05, 0) is 25.0 Å². The number of fused-ring (bicyclic) bond motifs is 4. The molecule has 58 heavy (non-hydrogen) atoms. The fraction of sp³-hybridized carbons (Fsp3) is 0.844. The van der Waals surface area contributed by atoms with Crippen LogP contribution in [0, 0.1) is 5.92 Å². The van der Waals surface area contributed by atoms with E-state index in [0.29, 0.717) is 26.1 Å². The molecule has 0 saturated carbocycles. The summed E-state index contributed by atoms with van der Waals surface area (Å²) < 4.78 is 72.9. The van der Waals surface area contributed by atoms with Crippen molar-refractivity contribution in [2.24, 2.45) is 5.92 Å². The van der Waals surface area contributed by atoms with Gasteiger partial charge < -0.3 is 99.5 Å². The van der Waals surface area contributed by atoms with E-state index in [0.717, 1.165) is 0 Å². The number of hydrogen-bond acceptors (Lipinski definition) is 22. The van der Waals surface area contributed by atoms with E-state index >= 15 is 0 Å². The number of ketones is 1. The van der Waals surface area contributed by atoms with Gasteiger partial charge in [0.05, 0.1) is 64.1 Å². The summed E-state index contributed by atoms with van der Waals surface area (Å²) in [6.45, 7) is 1.18. The molecule has 4 fully saturated rings. The lowest BCUT2D eigenvalue weighted by molar-refractivity contribution is -0.353. The number of methoxy groups -OCH3 is 1. The van der Waals surface area contributed by atoms with Crippen molar-refractivity contribution in [3.63, 3.8) is 0 Å².